The number of fused-ring (bicyclic) bond motifs is 7. The van der Waals surface area contributed by atoms with Gasteiger partial charge < -0.3 is 9.72 Å². The molecular formula is C20H21N3O4. The molecule has 3 aliphatic heterocycles. The highest BCUT2D eigenvalue weighted by Crippen LogP contribution is 2.52. The second-order valence-corrected chi connectivity index (χ2v) is 7.48. The standard InChI is InChI=1S/C20H21N3O4/c1-3-27-20(26)17-14-13(18(24)22(2)19(14)25)16-15-11(8-9-23(16)17)10-6-4-5-7-12(10)21-15/h4-7,13-14,16-17,21H,3,8-9H2,1-2H3/t13-,14+,16+,17+/m0/s1. The molecule has 2 fully saturated rings. The summed E-state index contributed by atoms with van der Waals surface area (Å²) in [6.07, 6.45) is 0.767. The summed E-state index contributed by atoms with van der Waals surface area (Å²) in [4.78, 5) is 45.1. The molecule has 4 heterocycles. The van der Waals surface area contributed by atoms with Gasteiger partial charge >= 0.3 is 5.97 Å². The molecule has 1 aromatic heterocycles. The Morgan fingerprint density at radius 2 is 1.96 bits per heavy atom. The van der Waals surface area contributed by atoms with E-state index in [2.05, 4.69) is 11.1 Å². The molecule has 7 nitrogen and oxygen atoms in total. The van der Waals surface area contributed by atoms with E-state index in [0.717, 1.165) is 23.0 Å². The normalized spacial score (nSPS) is 29.8. The molecule has 0 bridgehead atoms. The number of rotatable bonds is 2. The third-order valence-corrected chi connectivity index (χ3v) is 6.30. The third-order valence-electron chi connectivity index (χ3n) is 6.30. The van der Waals surface area contributed by atoms with Gasteiger partial charge in [-0.1, -0.05) is 18.2 Å². The average Bonchev–Trinajstić information content (AvgIpc) is 3.27. The molecule has 0 spiro atoms. The van der Waals surface area contributed by atoms with Crippen molar-refractivity contribution in [3.63, 3.8) is 0 Å². The van der Waals surface area contributed by atoms with Crippen molar-refractivity contribution in [3.8, 4) is 0 Å². The summed E-state index contributed by atoms with van der Waals surface area (Å²) in [6.45, 7) is 2.63. The number of para-hydroxylation sites is 1. The van der Waals surface area contributed by atoms with Crippen LogP contribution >= 0.6 is 0 Å². The van der Waals surface area contributed by atoms with E-state index >= 15 is 0 Å². The molecule has 0 unspecified atom stereocenters. The first-order valence-electron chi connectivity index (χ1n) is 9.37. The predicted molar refractivity (Wildman–Crippen MR) is 96.6 cm³/mol. The van der Waals surface area contributed by atoms with Crippen LogP contribution in [-0.4, -0.2) is 58.8 Å². The lowest BCUT2D eigenvalue weighted by atomic mass is 9.86. The lowest BCUT2D eigenvalue weighted by Gasteiger charge is -2.35. The van der Waals surface area contributed by atoms with Gasteiger partial charge in [0.15, 0.2) is 0 Å². The monoisotopic (exact) mass is 367 g/mol. The second kappa shape index (κ2) is 5.66. The Bertz CT molecular complexity index is 981. The highest BCUT2D eigenvalue weighted by Gasteiger charge is 2.65. The summed E-state index contributed by atoms with van der Waals surface area (Å²) in [5, 5.41) is 1.15. The van der Waals surface area contributed by atoms with E-state index in [0.29, 0.717) is 6.54 Å². The van der Waals surface area contributed by atoms with Crippen LogP contribution in [0.4, 0.5) is 0 Å². The number of amides is 2. The first-order valence-corrected chi connectivity index (χ1v) is 9.37. The van der Waals surface area contributed by atoms with Gasteiger partial charge in [-0.05, 0) is 25.0 Å². The Balaban J connectivity index is 1.68. The molecule has 1 aromatic carbocycles. The van der Waals surface area contributed by atoms with Crippen molar-refractivity contribution < 1.29 is 19.1 Å². The number of nitrogens with zero attached hydrogens (tertiary/aromatic N) is 2. The highest BCUT2D eigenvalue weighted by molar-refractivity contribution is 6.08. The van der Waals surface area contributed by atoms with Gasteiger partial charge in [-0.2, -0.15) is 0 Å². The van der Waals surface area contributed by atoms with Crippen molar-refractivity contribution in [1.29, 1.82) is 0 Å². The zero-order chi connectivity index (χ0) is 18.9. The molecule has 0 saturated carbocycles. The minimum Gasteiger partial charge on any atom is -0.465 e. The molecule has 0 aliphatic carbocycles. The van der Waals surface area contributed by atoms with Crippen LogP contribution in [0.2, 0.25) is 0 Å². The SMILES string of the molecule is CCOC(=O)[C@H]1[C@@H]2C(=O)N(C)C(=O)[C@@H]2[C@@H]2c3[nH]c4ccccc4c3CCN12. The molecule has 2 saturated heterocycles. The van der Waals surface area contributed by atoms with E-state index in [4.69, 9.17) is 4.74 Å². The van der Waals surface area contributed by atoms with Crippen molar-refractivity contribution in [2.45, 2.75) is 25.4 Å². The van der Waals surface area contributed by atoms with E-state index < -0.39 is 23.8 Å². The Morgan fingerprint density at radius 1 is 1.22 bits per heavy atom. The lowest BCUT2D eigenvalue weighted by Crippen LogP contribution is -2.47. The Labute approximate surface area is 156 Å². The minimum absolute atomic E-state index is 0.210. The van der Waals surface area contributed by atoms with Gasteiger partial charge in [-0.15, -0.1) is 0 Å². The number of aromatic amines is 1. The molecule has 7 heteroatoms. The number of hydrogen-bond acceptors (Lipinski definition) is 5. The number of aromatic nitrogens is 1. The average molecular weight is 367 g/mol. The Hall–Kier alpha value is -2.67. The van der Waals surface area contributed by atoms with Gasteiger partial charge in [0, 0.05) is 30.2 Å². The van der Waals surface area contributed by atoms with Crippen LogP contribution in [0.1, 0.15) is 24.2 Å². The molecule has 0 radical (unpaired) electrons. The molecular weight excluding hydrogens is 346 g/mol. The maximum atomic E-state index is 12.9. The zero-order valence-electron chi connectivity index (χ0n) is 15.3. The van der Waals surface area contributed by atoms with Crippen LogP contribution in [0, 0.1) is 11.8 Å². The van der Waals surface area contributed by atoms with Gasteiger partial charge in [0.1, 0.15) is 6.04 Å². The van der Waals surface area contributed by atoms with Crippen molar-refractivity contribution >= 4 is 28.7 Å². The van der Waals surface area contributed by atoms with Crippen LogP contribution in [-0.2, 0) is 25.5 Å². The number of imide groups is 1. The number of likely N-dealkylation sites (tertiary alicyclic amines) is 1. The van der Waals surface area contributed by atoms with Crippen LogP contribution in [0.25, 0.3) is 10.9 Å². The van der Waals surface area contributed by atoms with Gasteiger partial charge in [-0.3, -0.25) is 24.2 Å². The maximum absolute atomic E-state index is 12.9. The Morgan fingerprint density at radius 3 is 2.74 bits per heavy atom. The first kappa shape index (κ1) is 16.5. The largest absolute Gasteiger partial charge is 0.465 e. The van der Waals surface area contributed by atoms with Gasteiger partial charge in [-0.25, -0.2) is 0 Å². The van der Waals surface area contributed by atoms with Crippen LogP contribution in [0.3, 0.4) is 0 Å². The molecule has 2 aromatic rings. The summed E-state index contributed by atoms with van der Waals surface area (Å²) in [7, 11) is 1.50. The van der Waals surface area contributed by atoms with Crippen molar-refractivity contribution in [2.75, 3.05) is 20.2 Å². The van der Waals surface area contributed by atoms with Crippen LogP contribution < -0.4 is 0 Å². The van der Waals surface area contributed by atoms with Crippen LogP contribution in [0.15, 0.2) is 24.3 Å². The summed E-state index contributed by atoms with van der Waals surface area (Å²) in [6, 6.07) is 7.05. The summed E-state index contributed by atoms with van der Waals surface area (Å²) >= 11 is 0. The second-order valence-electron chi connectivity index (χ2n) is 7.48. The first-order chi connectivity index (χ1) is 13.0. The predicted octanol–water partition coefficient (Wildman–Crippen LogP) is 1.24. The van der Waals surface area contributed by atoms with Crippen molar-refractivity contribution in [3.05, 3.63) is 35.5 Å². The zero-order valence-corrected chi connectivity index (χ0v) is 15.3. The van der Waals surface area contributed by atoms with Crippen LogP contribution in [0.5, 0.6) is 0 Å². The Kier molecular flexibility index (Phi) is 3.46. The molecule has 4 atom stereocenters. The van der Waals surface area contributed by atoms with Crippen molar-refractivity contribution in [2.24, 2.45) is 11.8 Å². The minimum atomic E-state index is -0.707. The number of H-pyrrole nitrogens is 1. The quantitative estimate of drug-likeness (QED) is 0.638. The topological polar surface area (TPSA) is 82.7 Å². The number of nitrogens with one attached hydrogen (secondary N) is 1. The fourth-order valence-electron chi connectivity index (χ4n) is 5.23. The van der Waals surface area contributed by atoms with Gasteiger partial charge in [0.2, 0.25) is 11.8 Å². The lowest BCUT2D eigenvalue weighted by molar-refractivity contribution is -0.154. The van der Waals surface area contributed by atoms with Crippen molar-refractivity contribution in [1.82, 2.24) is 14.8 Å². The summed E-state index contributed by atoms with van der Waals surface area (Å²) in [5.41, 5.74) is 3.16. The fourth-order valence-corrected chi connectivity index (χ4v) is 5.23. The fraction of sp³-hybridized carbons (Fsp3) is 0.450. The number of hydrogen-bond donors (Lipinski definition) is 1. The molecule has 3 aliphatic rings. The van der Waals surface area contributed by atoms with E-state index in [1.54, 1.807) is 6.92 Å². The highest BCUT2D eigenvalue weighted by atomic mass is 16.5. The van der Waals surface area contributed by atoms with Gasteiger partial charge in [0.05, 0.1) is 24.5 Å². The van der Waals surface area contributed by atoms with E-state index in [9.17, 15) is 14.4 Å². The summed E-state index contributed by atoms with van der Waals surface area (Å²) in [5.74, 6) is -2.13. The maximum Gasteiger partial charge on any atom is 0.324 e. The molecule has 2 amide bonds. The van der Waals surface area contributed by atoms with E-state index in [-0.39, 0.29) is 24.5 Å². The van der Waals surface area contributed by atoms with Gasteiger partial charge in [0.25, 0.3) is 0 Å². The number of esters is 1. The molecule has 27 heavy (non-hydrogen) atoms. The number of benzene rings is 1. The van der Waals surface area contributed by atoms with E-state index in [1.165, 1.54) is 17.5 Å². The summed E-state index contributed by atoms with van der Waals surface area (Å²) < 4.78 is 5.28. The number of carbonyl (C=O) groups is 3. The van der Waals surface area contributed by atoms with E-state index in [1.807, 2.05) is 23.1 Å². The molecule has 140 valence electrons. The number of carbonyl (C=O) groups excluding carboxylic acids is 3. The smallest absolute Gasteiger partial charge is 0.324 e. The third kappa shape index (κ3) is 2.03. The number of ether oxygens (including phenoxy) is 1. The molecule has 1 N–H and O–H groups in total. The molecule has 5 rings (SSSR count).